The van der Waals surface area contributed by atoms with Crippen LogP contribution in [0.4, 0.5) is 17.5 Å². The third kappa shape index (κ3) is 3.92. The minimum absolute atomic E-state index is 0.619. The van der Waals surface area contributed by atoms with E-state index in [2.05, 4.69) is 21.3 Å². The fraction of sp³-hybridized carbons (Fsp3) is 0.444. The number of hydrogen-bond acceptors (Lipinski definition) is 5. The highest BCUT2D eigenvalue weighted by Gasteiger charge is 2.13. The summed E-state index contributed by atoms with van der Waals surface area (Å²) in [6.45, 7) is 4.16. The molecule has 1 N–H and O–H groups in total. The number of hydrogen-bond donors (Lipinski definition) is 1. The number of aryl methyl sites for hydroxylation is 1. The lowest BCUT2D eigenvalue weighted by Gasteiger charge is -2.22. The van der Waals surface area contributed by atoms with Gasteiger partial charge in [-0.2, -0.15) is 4.98 Å². The molecule has 1 aliphatic rings. The molecule has 5 heteroatoms. The van der Waals surface area contributed by atoms with Crippen molar-refractivity contribution in [3.8, 4) is 5.75 Å². The van der Waals surface area contributed by atoms with Crippen molar-refractivity contribution in [2.45, 2.75) is 32.6 Å². The fourth-order valence-corrected chi connectivity index (χ4v) is 2.94. The van der Waals surface area contributed by atoms with Gasteiger partial charge >= 0.3 is 0 Å². The van der Waals surface area contributed by atoms with Gasteiger partial charge in [-0.3, -0.25) is 0 Å². The van der Waals surface area contributed by atoms with Gasteiger partial charge in [0, 0.05) is 24.8 Å². The maximum Gasteiger partial charge on any atom is 0.229 e. The zero-order valence-electron chi connectivity index (χ0n) is 13.9. The van der Waals surface area contributed by atoms with Gasteiger partial charge in [-0.15, -0.1) is 0 Å². The van der Waals surface area contributed by atoms with Crippen LogP contribution in [0.1, 0.15) is 31.4 Å². The molecule has 5 nitrogen and oxygen atoms in total. The van der Waals surface area contributed by atoms with E-state index in [-0.39, 0.29) is 0 Å². The van der Waals surface area contributed by atoms with E-state index >= 15 is 0 Å². The van der Waals surface area contributed by atoms with Crippen molar-refractivity contribution in [1.29, 1.82) is 0 Å². The molecule has 3 rings (SSSR count). The van der Waals surface area contributed by atoms with Gasteiger partial charge in [-0.05, 0) is 31.9 Å². The molecule has 0 spiro atoms. The molecular weight excluding hydrogens is 288 g/mol. The van der Waals surface area contributed by atoms with Crippen molar-refractivity contribution in [3.05, 3.63) is 36.0 Å². The molecule has 1 fully saturated rings. The van der Waals surface area contributed by atoms with Gasteiger partial charge < -0.3 is 15.0 Å². The number of rotatable bonds is 4. The van der Waals surface area contributed by atoms with Gasteiger partial charge in [0.05, 0.1) is 12.8 Å². The number of aromatic nitrogens is 2. The maximum atomic E-state index is 5.38. The quantitative estimate of drug-likeness (QED) is 0.927. The van der Waals surface area contributed by atoms with E-state index in [1.165, 1.54) is 25.7 Å². The highest BCUT2D eigenvalue weighted by molar-refractivity contribution is 5.63. The molecule has 0 saturated carbocycles. The summed E-state index contributed by atoms with van der Waals surface area (Å²) < 4.78 is 5.38. The van der Waals surface area contributed by atoms with Crippen molar-refractivity contribution >= 4 is 17.5 Å². The van der Waals surface area contributed by atoms with Crippen LogP contribution in [-0.2, 0) is 0 Å². The number of ether oxygens (including phenoxy) is 1. The van der Waals surface area contributed by atoms with E-state index in [4.69, 9.17) is 9.72 Å². The molecule has 0 atom stereocenters. The monoisotopic (exact) mass is 312 g/mol. The van der Waals surface area contributed by atoms with Gasteiger partial charge in [-0.1, -0.05) is 25.0 Å². The molecule has 1 aromatic carbocycles. The van der Waals surface area contributed by atoms with Crippen LogP contribution < -0.4 is 15.0 Å². The fourth-order valence-electron chi connectivity index (χ4n) is 2.94. The first-order valence-corrected chi connectivity index (χ1v) is 8.27. The van der Waals surface area contributed by atoms with Crippen LogP contribution in [0, 0.1) is 6.92 Å². The normalized spacial score (nSPS) is 15.1. The largest absolute Gasteiger partial charge is 0.495 e. The van der Waals surface area contributed by atoms with Gasteiger partial charge in [0.25, 0.3) is 0 Å². The Morgan fingerprint density at radius 1 is 1.04 bits per heavy atom. The lowest BCUT2D eigenvalue weighted by molar-refractivity contribution is 0.417. The van der Waals surface area contributed by atoms with Crippen LogP contribution in [0.5, 0.6) is 5.75 Å². The maximum absolute atomic E-state index is 5.38. The summed E-state index contributed by atoms with van der Waals surface area (Å²) in [6.07, 6.45) is 5.09. The van der Waals surface area contributed by atoms with Gasteiger partial charge in [0.15, 0.2) is 0 Å². The molecule has 122 valence electrons. The van der Waals surface area contributed by atoms with Crippen molar-refractivity contribution in [3.63, 3.8) is 0 Å². The Kier molecular flexibility index (Phi) is 4.95. The van der Waals surface area contributed by atoms with Crippen molar-refractivity contribution < 1.29 is 4.74 Å². The molecule has 0 radical (unpaired) electrons. The average molecular weight is 312 g/mol. The summed E-state index contributed by atoms with van der Waals surface area (Å²) in [5.74, 6) is 2.42. The summed E-state index contributed by atoms with van der Waals surface area (Å²) in [5, 5.41) is 3.29. The van der Waals surface area contributed by atoms with Gasteiger partial charge in [0.1, 0.15) is 11.6 Å². The van der Waals surface area contributed by atoms with E-state index in [0.29, 0.717) is 5.95 Å². The zero-order chi connectivity index (χ0) is 16.1. The topological polar surface area (TPSA) is 50.3 Å². The van der Waals surface area contributed by atoms with E-state index in [9.17, 15) is 0 Å². The molecule has 0 amide bonds. The standard InChI is InChI=1S/C18H24N4O/c1-14-13-17(22-11-7-3-4-8-12-22)21-18(19-14)20-15-9-5-6-10-16(15)23-2/h5-6,9-10,13H,3-4,7-8,11-12H2,1-2H3,(H,19,20,21). The van der Waals surface area contributed by atoms with E-state index < -0.39 is 0 Å². The average Bonchev–Trinajstić information content (AvgIpc) is 2.84. The summed E-state index contributed by atoms with van der Waals surface area (Å²) in [7, 11) is 1.67. The number of benzene rings is 1. The Bertz CT molecular complexity index is 651. The van der Waals surface area contributed by atoms with E-state index in [1.54, 1.807) is 7.11 Å². The highest BCUT2D eigenvalue weighted by atomic mass is 16.5. The number of para-hydroxylation sites is 2. The molecule has 0 bridgehead atoms. The molecule has 1 saturated heterocycles. The molecule has 1 aromatic heterocycles. The molecule has 0 unspecified atom stereocenters. The smallest absolute Gasteiger partial charge is 0.229 e. The number of methoxy groups -OCH3 is 1. The van der Waals surface area contributed by atoms with Crippen LogP contribution in [0.2, 0.25) is 0 Å². The Morgan fingerprint density at radius 2 is 1.78 bits per heavy atom. The third-order valence-electron chi connectivity index (χ3n) is 4.12. The Balaban J connectivity index is 1.85. The predicted octanol–water partition coefficient (Wildman–Crippen LogP) is 3.92. The number of anilines is 3. The molecule has 23 heavy (non-hydrogen) atoms. The summed E-state index contributed by atoms with van der Waals surface area (Å²) in [6, 6.07) is 9.88. The van der Waals surface area contributed by atoms with Crippen molar-refractivity contribution in [1.82, 2.24) is 9.97 Å². The predicted molar refractivity (Wildman–Crippen MR) is 93.7 cm³/mol. The van der Waals surface area contributed by atoms with Crippen LogP contribution in [-0.4, -0.2) is 30.2 Å². The van der Waals surface area contributed by atoms with Gasteiger partial charge in [0.2, 0.25) is 5.95 Å². The second-order valence-electron chi connectivity index (χ2n) is 5.92. The van der Waals surface area contributed by atoms with E-state index in [0.717, 1.165) is 36.0 Å². The lowest BCUT2D eigenvalue weighted by atomic mass is 10.2. The SMILES string of the molecule is COc1ccccc1Nc1nc(C)cc(N2CCCCCC2)n1. The Morgan fingerprint density at radius 3 is 2.52 bits per heavy atom. The Labute approximate surface area is 137 Å². The van der Waals surface area contributed by atoms with Crippen LogP contribution in [0.25, 0.3) is 0 Å². The zero-order valence-corrected chi connectivity index (χ0v) is 13.9. The lowest BCUT2D eigenvalue weighted by Crippen LogP contribution is -2.25. The molecule has 2 aromatic rings. The van der Waals surface area contributed by atoms with Crippen LogP contribution in [0.15, 0.2) is 30.3 Å². The third-order valence-corrected chi connectivity index (χ3v) is 4.12. The first-order valence-electron chi connectivity index (χ1n) is 8.27. The van der Waals surface area contributed by atoms with Crippen molar-refractivity contribution in [2.24, 2.45) is 0 Å². The molecule has 1 aliphatic heterocycles. The van der Waals surface area contributed by atoms with Crippen molar-refractivity contribution in [2.75, 3.05) is 30.4 Å². The molecule has 0 aliphatic carbocycles. The Hall–Kier alpha value is -2.30. The second-order valence-corrected chi connectivity index (χ2v) is 5.92. The van der Waals surface area contributed by atoms with E-state index in [1.807, 2.05) is 31.2 Å². The van der Waals surface area contributed by atoms with Crippen LogP contribution in [0.3, 0.4) is 0 Å². The van der Waals surface area contributed by atoms with Crippen LogP contribution >= 0.6 is 0 Å². The summed E-state index contributed by atoms with van der Waals surface area (Å²) >= 11 is 0. The molecule has 2 heterocycles. The number of nitrogens with zero attached hydrogens (tertiary/aromatic N) is 3. The van der Waals surface area contributed by atoms with Gasteiger partial charge in [-0.25, -0.2) is 4.98 Å². The highest BCUT2D eigenvalue weighted by Crippen LogP contribution is 2.27. The second kappa shape index (κ2) is 7.31. The molecular formula is C18H24N4O. The first-order chi connectivity index (χ1) is 11.3. The first kappa shape index (κ1) is 15.6. The minimum atomic E-state index is 0.619. The number of nitrogens with one attached hydrogen (secondary N) is 1. The summed E-state index contributed by atoms with van der Waals surface area (Å²) in [5.41, 5.74) is 1.85. The minimum Gasteiger partial charge on any atom is -0.495 e. The summed E-state index contributed by atoms with van der Waals surface area (Å²) in [4.78, 5) is 11.6.